The normalized spacial score (nSPS) is 10.4. The fourth-order valence-corrected chi connectivity index (χ4v) is 2.12. The van der Waals surface area contributed by atoms with E-state index in [2.05, 4.69) is 20.9 Å². The molecule has 0 aliphatic carbocycles. The number of aromatic amines is 1. The summed E-state index contributed by atoms with van der Waals surface area (Å²) in [5.74, 6) is -0.325. The van der Waals surface area contributed by atoms with E-state index in [1.807, 2.05) is 31.2 Å². The van der Waals surface area contributed by atoms with E-state index in [0.29, 0.717) is 12.3 Å². The molecule has 0 radical (unpaired) electrons. The van der Waals surface area contributed by atoms with Crippen LogP contribution in [0.4, 0.5) is 0 Å². The summed E-state index contributed by atoms with van der Waals surface area (Å²) in [6.45, 7) is 4.19. The predicted molar refractivity (Wildman–Crippen MR) is 74.6 cm³/mol. The summed E-state index contributed by atoms with van der Waals surface area (Å²) in [4.78, 5) is 14.7. The Labute approximate surface area is 114 Å². The third-order valence-corrected chi connectivity index (χ3v) is 3.56. The molecule has 0 fully saturated rings. The highest BCUT2D eigenvalue weighted by atomic mass is 79.9. The van der Waals surface area contributed by atoms with Crippen LogP contribution in [0.15, 0.2) is 34.9 Å². The summed E-state index contributed by atoms with van der Waals surface area (Å²) < 4.78 is 6.04. The lowest BCUT2D eigenvalue weighted by atomic mass is 10.0. The maximum absolute atomic E-state index is 11.8. The van der Waals surface area contributed by atoms with Gasteiger partial charge < -0.3 is 9.72 Å². The molecule has 1 aromatic heterocycles. The number of ether oxygens (including phenoxy) is 1. The van der Waals surface area contributed by atoms with E-state index < -0.39 is 0 Å². The summed E-state index contributed by atoms with van der Waals surface area (Å²) in [6.07, 6.45) is 1.75. The second kappa shape index (κ2) is 5.40. The van der Waals surface area contributed by atoms with E-state index in [9.17, 15) is 4.79 Å². The second-order valence-electron chi connectivity index (χ2n) is 3.95. The van der Waals surface area contributed by atoms with Crippen molar-refractivity contribution in [3.8, 4) is 11.1 Å². The Balaban J connectivity index is 2.42. The zero-order valence-corrected chi connectivity index (χ0v) is 11.9. The molecule has 1 N–H and O–H groups in total. The average molecular weight is 308 g/mol. The number of aromatic nitrogens is 1. The van der Waals surface area contributed by atoms with Crippen molar-refractivity contribution in [2.24, 2.45) is 0 Å². The molecule has 18 heavy (non-hydrogen) atoms. The monoisotopic (exact) mass is 307 g/mol. The molecule has 2 rings (SSSR count). The van der Waals surface area contributed by atoms with Gasteiger partial charge in [-0.3, -0.25) is 0 Å². The smallest absolute Gasteiger partial charge is 0.355 e. The van der Waals surface area contributed by atoms with Gasteiger partial charge in [-0.1, -0.05) is 28.1 Å². The molecule has 3 nitrogen and oxygen atoms in total. The summed E-state index contributed by atoms with van der Waals surface area (Å²) in [5, 5.41) is 0. The summed E-state index contributed by atoms with van der Waals surface area (Å²) in [7, 11) is 0. The number of esters is 1. The molecule has 0 spiro atoms. The summed E-state index contributed by atoms with van der Waals surface area (Å²) in [6, 6.07) is 7.89. The van der Waals surface area contributed by atoms with Crippen LogP contribution >= 0.6 is 15.9 Å². The van der Waals surface area contributed by atoms with Crippen LogP contribution in [-0.2, 0) is 4.74 Å². The van der Waals surface area contributed by atoms with Crippen molar-refractivity contribution in [3.05, 3.63) is 46.2 Å². The predicted octanol–water partition coefficient (Wildman–Crippen LogP) is 3.93. The van der Waals surface area contributed by atoms with Crippen molar-refractivity contribution >= 4 is 21.9 Å². The van der Waals surface area contributed by atoms with E-state index >= 15 is 0 Å². The third-order valence-electron chi connectivity index (χ3n) is 2.71. The minimum Gasteiger partial charge on any atom is -0.461 e. The van der Waals surface area contributed by atoms with Gasteiger partial charge in [0, 0.05) is 16.2 Å². The third kappa shape index (κ3) is 2.48. The maximum atomic E-state index is 11.8. The first kappa shape index (κ1) is 12.9. The minimum absolute atomic E-state index is 0.325. The molecule has 0 amide bonds. The Bertz CT molecular complexity index is 575. The molecule has 0 aliphatic heterocycles. The molecule has 0 unspecified atom stereocenters. The largest absolute Gasteiger partial charge is 0.461 e. The summed E-state index contributed by atoms with van der Waals surface area (Å²) >= 11 is 3.50. The van der Waals surface area contributed by atoms with Crippen molar-refractivity contribution in [1.82, 2.24) is 4.98 Å². The molecular formula is C14H14BrNO2. The van der Waals surface area contributed by atoms with Crippen molar-refractivity contribution < 1.29 is 9.53 Å². The Morgan fingerprint density at radius 3 is 2.83 bits per heavy atom. The number of rotatable bonds is 3. The van der Waals surface area contributed by atoms with Gasteiger partial charge in [0.2, 0.25) is 0 Å². The first-order valence-corrected chi connectivity index (χ1v) is 6.53. The SMILES string of the molecule is CCOC(=O)c1[nH]ccc1-c1ccc(C)c(Br)c1. The first-order valence-electron chi connectivity index (χ1n) is 5.74. The van der Waals surface area contributed by atoms with Crippen LogP contribution in [-0.4, -0.2) is 17.6 Å². The molecule has 4 heteroatoms. The number of benzene rings is 1. The van der Waals surface area contributed by atoms with E-state index in [0.717, 1.165) is 21.2 Å². The maximum Gasteiger partial charge on any atom is 0.355 e. The number of carbonyl (C=O) groups is 1. The number of hydrogen-bond donors (Lipinski definition) is 1. The van der Waals surface area contributed by atoms with Crippen LogP contribution in [0.2, 0.25) is 0 Å². The van der Waals surface area contributed by atoms with Gasteiger partial charge in [0.15, 0.2) is 0 Å². The Hall–Kier alpha value is -1.55. The van der Waals surface area contributed by atoms with Gasteiger partial charge >= 0.3 is 5.97 Å². The van der Waals surface area contributed by atoms with Crippen LogP contribution in [0.1, 0.15) is 23.0 Å². The average Bonchev–Trinajstić information content (AvgIpc) is 2.82. The van der Waals surface area contributed by atoms with Crippen LogP contribution in [0.3, 0.4) is 0 Å². The van der Waals surface area contributed by atoms with E-state index in [4.69, 9.17) is 4.74 Å². The Morgan fingerprint density at radius 1 is 1.39 bits per heavy atom. The second-order valence-corrected chi connectivity index (χ2v) is 4.81. The number of hydrogen-bond acceptors (Lipinski definition) is 2. The fraction of sp³-hybridized carbons (Fsp3) is 0.214. The molecular weight excluding hydrogens is 294 g/mol. The van der Waals surface area contributed by atoms with Gasteiger partial charge in [0.25, 0.3) is 0 Å². The summed E-state index contributed by atoms with van der Waals surface area (Å²) in [5.41, 5.74) is 3.49. The van der Waals surface area contributed by atoms with Crippen LogP contribution in [0, 0.1) is 6.92 Å². The Kier molecular flexibility index (Phi) is 3.87. The van der Waals surface area contributed by atoms with Gasteiger partial charge in [-0.05, 0) is 37.1 Å². The van der Waals surface area contributed by atoms with Crippen molar-refractivity contribution in [1.29, 1.82) is 0 Å². The van der Waals surface area contributed by atoms with Gasteiger partial charge in [0.05, 0.1) is 6.61 Å². The molecule has 2 aromatic rings. The lowest BCUT2D eigenvalue weighted by Gasteiger charge is -2.06. The minimum atomic E-state index is -0.325. The molecule has 0 saturated carbocycles. The molecule has 1 aromatic carbocycles. The fourth-order valence-electron chi connectivity index (χ4n) is 1.74. The van der Waals surface area contributed by atoms with E-state index in [1.165, 1.54) is 0 Å². The van der Waals surface area contributed by atoms with Gasteiger partial charge in [0.1, 0.15) is 5.69 Å². The quantitative estimate of drug-likeness (QED) is 0.873. The van der Waals surface area contributed by atoms with Crippen molar-refractivity contribution in [2.75, 3.05) is 6.61 Å². The number of aryl methyl sites for hydroxylation is 1. The van der Waals surface area contributed by atoms with Crippen molar-refractivity contribution in [3.63, 3.8) is 0 Å². The van der Waals surface area contributed by atoms with Crippen molar-refractivity contribution in [2.45, 2.75) is 13.8 Å². The highest BCUT2D eigenvalue weighted by Crippen LogP contribution is 2.28. The lowest BCUT2D eigenvalue weighted by molar-refractivity contribution is 0.0521. The topological polar surface area (TPSA) is 42.1 Å². The van der Waals surface area contributed by atoms with Gasteiger partial charge in [-0.15, -0.1) is 0 Å². The van der Waals surface area contributed by atoms with E-state index in [-0.39, 0.29) is 5.97 Å². The lowest BCUT2D eigenvalue weighted by Crippen LogP contribution is -2.06. The highest BCUT2D eigenvalue weighted by Gasteiger charge is 2.15. The van der Waals surface area contributed by atoms with Crippen LogP contribution in [0.5, 0.6) is 0 Å². The molecule has 0 saturated heterocycles. The van der Waals surface area contributed by atoms with E-state index in [1.54, 1.807) is 13.1 Å². The standard InChI is InChI=1S/C14H14BrNO2/c1-3-18-14(17)13-11(6-7-16-13)10-5-4-9(2)12(15)8-10/h4-8,16H,3H2,1-2H3. The molecule has 0 aliphatic rings. The first-order chi connectivity index (χ1) is 8.63. The number of H-pyrrole nitrogens is 1. The molecule has 94 valence electrons. The number of nitrogens with one attached hydrogen (secondary N) is 1. The number of carbonyl (C=O) groups excluding carboxylic acids is 1. The highest BCUT2D eigenvalue weighted by molar-refractivity contribution is 9.10. The van der Waals surface area contributed by atoms with Crippen LogP contribution in [0.25, 0.3) is 11.1 Å². The Morgan fingerprint density at radius 2 is 2.17 bits per heavy atom. The van der Waals surface area contributed by atoms with Gasteiger partial charge in [-0.2, -0.15) is 0 Å². The van der Waals surface area contributed by atoms with Gasteiger partial charge in [-0.25, -0.2) is 4.79 Å². The molecule has 0 atom stereocenters. The molecule has 0 bridgehead atoms. The number of halogens is 1. The molecule has 1 heterocycles. The zero-order valence-electron chi connectivity index (χ0n) is 10.3. The van der Waals surface area contributed by atoms with Crippen LogP contribution < -0.4 is 0 Å². The zero-order chi connectivity index (χ0) is 13.1.